The Labute approximate surface area is 151 Å². The van der Waals surface area contributed by atoms with Crippen molar-refractivity contribution < 1.29 is 5.11 Å². The fraction of sp³-hybridized carbons (Fsp3) is 0. The molecule has 0 aliphatic heterocycles. The van der Waals surface area contributed by atoms with E-state index in [9.17, 15) is 5.11 Å². The molecule has 5 rings (SSSR count). The minimum atomic E-state index is 0.282. The second-order valence-electron chi connectivity index (χ2n) is 6.45. The number of phenols is 1. The van der Waals surface area contributed by atoms with E-state index in [1.165, 1.54) is 10.9 Å². The largest absolute Gasteiger partial charge is 0.506 e. The van der Waals surface area contributed by atoms with Gasteiger partial charge in [-0.2, -0.15) is 0 Å². The molecule has 2 heteroatoms. The summed E-state index contributed by atoms with van der Waals surface area (Å²) in [7, 11) is 0. The molecule has 5 aromatic rings. The molecule has 0 aliphatic carbocycles. The Bertz CT molecular complexity index is 1240. The molecule has 0 saturated carbocycles. The molecule has 124 valence electrons. The molecule has 0 bridgehead atoms. The van der Waals surface area contributed by atoms with Gasteiger partial charge in [-0.15, -0.1) is 0 Å². The summed E-state index contributed by atoms with van der Waals surface area (Å²) < 4.78 is 2.11. The summed E-state index contributed by atoms with van der Waals surface area (Å²) >= 11 is 0. The number of fused-ring (bicyclic) bond motifs is 2. The third-order valence-corrected chi connectivity index (χ3v) is 4.92. The first-order valence-electron chi connectivity index (χ1n) is 8.69. The fourth-order valence-corrected chi connectivity index (χ4v) is 3.71. The quantitative estimate of drug-likeness (QED) is 0.411. The number of phenolic OH excluding ortho intramolecular Hbond substituents is 1. The Morgan fingerprint density at radius 2 is 1.31 bits per heavy atom. The number of benzene rings is 4. The maximum Gasteiger partial charge on any atom is 0.140 e. The second-order valence-corrected chi connectivity index (χ2v) is 6.45. The monoisotopic (exact) mass is 335 g/mol. The van der Waals surface area contributed by atoms with Crippen LogP contribution < -0.4 is 0 Å². The minimum Gasteiger partial charge on any atom is -0.506 e. The van der Waals surface area contributed by atoms with Crippen molar-refractivity contribution >= 4 is 21.7 Å². The van der Waals surface area contributed by atoms with Gasteiger partial charge in [0.1, 0.15) is 5.75 Å². The number of rotatable bonds is 2. The van der Waals surface area contributed by atoms with Gasteiger partial charge in [-0.25, -0.2) is 0 Å². The van der Waals surface area contributed by atoms with E-state index < -0.39 is 0 Å². The SMILES string of the molecule is Oc1ccc2ccccc2c1-n1cc(-c2ccccc2)c2ccccc21. The van der Waals surface area contributed by atoms with Gasteiger partial charge in [0.15, 0.2) is 0 Å². The van der Waals surface area contributed by atoms with Crippen molar-refractivity contribution in [3.8, 4) is 22.6 Å². The molecule has 0 saturated heterocycles. The van der Waals surface area contributed by atoms with Gasteiger partial charge in [-0.05, 0) is 23.1 Å². The summed E-state index contributed by atoms with van der Waals surface area (Å²) in [6.07, 6.45) is 2.13. The lowest BCUT2D eigenvalue weighted by Crippen LogP contribution is -1.94. The van der Waals surface area contributed by atoms with Crippen molar-refractivity contribution in [2.75, 3.05) is 0 Å². The molecule has 1 aromatic heterocycles. The van der Waals surface area contributed by atoms with Gasteiger partial charge in [0.25, 0.3) is 0 Å². The molecule has 0 spiro atoms. The van der Waals surface area contributed by atoms with Crippen LogP contribution in [0, 0.1) is 0 Å². The number of nitrogens with zero attached hydrogens (tertiary/aromatic N) is 1. The molecule has 0 fully saturated rings. The van der Waals surface area contributed by atoms with Gasteiger partial charge in [0.2, 0.25) is 0 Å². The highest BCUT2D eigenvalue weighted by Crippen LogP contribution is 2.37. The lowest BCUT2D eigenvalue weighted by molar-refractivity contribution is 0.474. The zero-order valence-electron chi connectivity index (χ0n) is 14.1. The number of para-hydroxylation sites is 1. The van der Waals surface area contributed by atoms with Gasteiger partial charge in [-0.3, -0.25) is 0 Å². The molecule has 0 unspecified atom stereocenters. The van der Waals surface area contributed by atoms with Gasteiger partial charge < -0.3 is 9.67 Å². The Kier molecular flexibility index (Phi) is 3.29. The Morgan fingerprint density at radius 1 is 0.615 bits per heavy atom. The van der Waals surface area contributed by atoms with Crippen LogP contribution >= 0.6 is 0 Å². The van der Waals surface area contributed by atoms with Gasteiger partial charge >= 0.3 is 0 Å². The van der Waals surface area contributed by atoms with Crippen molar-refractivity contribution in [1.29, 1.82) is 0 Å². The van der Waals surface area contributed by atoms with Gasteiger partial charge in [0.05, 0.1) is 11.2 Å². The molecular formula is C24H17NO. The average Bonchev–Trinajstić information content (AvgIpc) is 3.08. The first kappa shape index (κ1) is 14.8. The van der Waals surface area contributed by atoms with Crippen LogP contribution in [-0.2, 0) is 0 Å². The van der Waals surface area contributed by atoms with Crippen LogP contribution in [0.15, 0.2) is 97.2 Å². The number of aromatic hydroxyl groups is 1. The summed E-state index contributed by atoms with van der Waals surface area (Å²) in [5.74, 6) is 0.282. The van der Waals surface area contributed by atoms with E-state index >= 15 is 0 Å². The zero-order chi connectivity index (χ0) is 17.5. The molecule has 1 heterocycles. The summed E-state index contributed by atoms with van der Waals surface area (Å²) in [4.78, 5) is 0. The standard InChI is InChI=1S/C24H17NO/c26-23-15-14-18-10-4-5-11-19(18)24(23)25-16-21(17-8-2-1-3-9-17)20-12-6-7-13-22(20)25/h1-16,26H. The van der Waals surface area contributed by atoms with Gasteiger partial charge in [0, 0.05) is 22.5 Å². The molecule has 0 radical (unpaired) electrons. The molecule has 0 aliphatic rings. The highest BCUT2D eigenvalue weighted by atomic mass is 16.3. The lowest BCUT2D eigenvalue weighted by Gasteiger charge is -2.11. The van der Waals surface area contributed by atoms with Crippen molar-refractivity contribution in [2.45, 2.75) is 0 Å². The van der Waals surface area contributed by atoms with E-state index in [1.807, 2.05) is 30.3 Å². The zero-order valence-corrected chi connectivity index (χ0v) is 14.1. The first-order chi connectivity index (χ1) is 12.8. The van der Waals surface area contributed by atoms with E-state index in [0.29, 0.717) is 0 Å². The van der Waals surface area contributed by atoms with Crippen molar-refractivity contribution in [1.82, 2.24) is 4.57 Å². The van der Waals surface area contributed by atoms with Gasteiger partial charge in [-0.1, -0.05) is 78.9 Å². The maximum atomic E-state index is 10.7. The van der Waals surface area contributed by atoms with Crippen LogP contribution in [0.5, 0.6) is 5.75 Å². The normalized spacial score (nSPS) is 11.2. The maximum absolute atomic E-state index is 10.7. The Balaban J connectivity index is 1.89. The Hall–Kier alpha value is -3.52. The Morgan fingerprint density at radius 3 is 2.15 bits per heavy atom. The number of hydrogen-bond acceptors (Lipinski definition) is 1. The highest BCUT2D eigenvalue weighted by Gasteiger charge is 2.15. The summed E-state index contributed by atoms with van der Waals surface area (Å²) in [6, 6.07) is 30.6. The van der Waals surface area contributed by atoms with Crippen LogP contribution in [0.1, 0.15) is 0 Å². The van der Waals surface area contributed by atoms with E-state index in [2.05, 4.69) is 65.4 Å². The third-order valence-electron chi connectivity index (χ3n) is 4.92. The molecule has 1 N–H and O–H groups in total. The predicted molar refractivity (Wildman–Crippen MR) is 108 cm³/mol. The molecule has 2 nitrogen and oxygen atoms in total. The topological polar surface area (TPSA) is 25.2 Å². The second kappa shape index (κ2) is 5.78. The smallest absolute Gasteiger partial charge is 0.140 e. The third kappa shape index (κ3) is 2.20. The molecule has 0 atom stereocenters. The fourth-order valence-electron chi connectivity index (χ4n) is 3.71. The summed E-state index contributed by atoms with van der Waals surface area (Å²) in [5, 5.41) is 14.0. The van der Waals surface area contributed by atoms with Crippen LogP contribution in [0.2, 0.25) is 0 Å². The van der Waals surface area contributed by atoms with E-state index in [-0.39, 0.29) is 5.75 Å². The van der Waals surface area contributed by atoms with E-state index in [1.54, 1.807) is 6.07 Å². The lowest BCUT2D eigenvalue weighted by atomic mass is 10.1. The predicted octanol–water partition coefficient (Wildman–Crippen LogP) is 6.16. The van der Waals surface area contributed by atoms with Crippen LogP contribution in [0.4, 0.5) is 0 Å². The molecule has 26 heavy (non-hydrogen) atoms. The van der Waals surface area contributed by atoms with Crippen LogP contribution in [-0.4, -0.2) is 9.67 Å². The van der Waals surface area contributed by atoms with Crippen LogP contribution in [0.25, 0.3) is 38.5 Å². The molecule has 4 aromatic carbocycles. The van der Waals surface area contributed by atoms with E-state index in [4.69, 9.17) is 0 Å². The summed E-state index contributed by atoms with van der Waals surface area (Å²) in [5.41, 5.74) is 4.23. The van der Waals surface area contributed by atoms with Crippen molar-refractivity contribution in [3.63, 3.8) is 0 Å². The van der Waals surface area contributed by atoms with E-state index in [0.717, 1.165) is 27.5 Å². The molecule has 0 amide bonds. The first-order valence-corrected chi connectivity index (χ1v) is 8.69. The summed E-state index contributed by atoms with van der Waals surface area (Å²) in [6.45, 7) is 0. The number of hydrogen-bond donors (Lipinski definition) is 1. The molecular weight excluding hydrogens is 318 g/mol. The van der Waals surface area contributed by atoms with Crippen LogP contribution in [0.3, 0.4) is 0 Å². The number of aromatic nitrogens is 1. The van der Waals surface area contributed by atoms with Crippen molar-refractivity contribution in [3.05, 3.63) is 97.2 Å². The average molecular weight is 335 g/mol. The van der Waals surface area contributed by atoms with Crippen molar-refractivity contribution in [2.24, 2.45) is 0 Å². The minimum absolute atomic E-state index is 0.282. The highest BCUT2D eigenvalue weighted by molar-refractivity contribution is 6.00.